The van der Waals surface area contributed by atoms with Crippen molar-refractivity contribution in [3.63, 3.8) is 0 Å². The second-order valence-corrected chi connectivity index (χ2v) is 11.8. The van der Waals surface area contributed by atoms with Gasteiger partial charge in [0, 0.05) is 37.6 Å². The molecule has 3 atom stereocenters. The van der Waals surface area contributed by atoms with Crippen molar-refractivity contribution in [1.29, 1.82) is 0 Å². The highest BCUT2D eigenvalue weighted by Gasteiger charge is 2.25. The number of anilines is 2. The van der Waals surface area contributed by atoms with E-state index >= 15 is 0 Å². The standard InChI is InChI=1S/C25H49N5O2.2ClH/c1-29(2,3)19-24(31)17-21-11-13-27(18-25(32)20-30(4,5)6)15-16-28(14-12-21)23-9-7-22(26)8-10-23;;/h7-10,21,24-25,31-32H,11-20,26H2,1-6H3;2*1H/q+2;;/p-2. The predicted molar refractivity (Wildman–Crippen MR) is 135 cm³/mol. The minimum Gasteiger partial charge on any atom is -1.00 e. The third kappa shape index (κ3) is 13.3. The third-order valence-corrected chi connectivity index (χ3v) is 6.20. The SMILES string of the molecule is C[N+](C)(C)CC(O)CC1CCN(CC(O)C[N+](C)(C)C)CCN(c2ccc(N)cc2)CC1.[Cl-].[Cl-]. The average Bonchev–Trinajstić information content (AvgIpc) is 2.71. The van der Waals surface area contributed by atoms with E-state index in [-0.39, 0.29) is 37.0 Å². The van der Waals surface area contributed by atoms with Gasteiger partial charge in [-0.3, -0.25) is 4.90 Å². The Morgan fingerprint density at radius 1 is 0.824 bits per heavy atom. The zero-order valence-electron chi connectivity index (χ0n) is 22.1. The second kappa shape index (κ2) is 14.7. The Hall–Kier alpha value is -0.800. The molecule has 1 aliphatic rings. The van der Waals surface area contributed by atoms with E-state index in [0.29, 0.717) is 12.5 Å². The maximum absolute atomic E-state index is 10.7. The van der Waals surface area contributed by atoms with Crippen LogP contribution in [-0.4, -0.2) is 124 Å². The summed E-state index contributed by atoms with van der Waals surface area (Å²) in [6.45, 7) is 5.99. The molecule has 34 heavy (non-hydrogen) atoms. The molecule has 0 saturated carbocycles. The number of aliphatic hydroxyl groups is 2. The lowest BCUT2D eigenvalue weighted by Gasteiger charge is -2.31. The summed E-state index contributed by atoms with van der Waals surface area (Å²) in [6.07, 6.45) is 2.32. The van der Waals surface area contributed by atoms with Crippen LogP contribution in [0.1, 0.15) is 19.3 Å². The zero-order valence-corrected chi connectivity index (χ0v) is 23.6. The summed E-state index contributed by atoms with van der Waals surface area (Å²) in [5.74, 6) is 0.462. The van der Waals surface area contributed by atoms with Crippen LogP contribution in [0.5, 0.6) is 0 Å². The van der Waals surface area contributed by atoms with Gasteiger partial charge in [0.1, 0.15) is 25.3 Å². The minimum absolute atomic E-state index is 0. The Morgan fingerprint density at radius 3 is 1.91 bits per heavy atom. The Kier molecular flexibility index (Phi) is 14.3. The molecular formula is C25H49Cl2N5O2. The van der Waals surface area contributed by atoms with Crippen LogP contribution in [-0.2, 0) is 0 Å². The molecule has 0 spiro atoms. The quantitative estimate of drug-likeness (QED) is 0.225. The Morgan fingerprint density at radius 2 is 1.35 bits per heavy atom. The van der Waals surface area contributed by atoms with E-state index in [4.69, 9.17) is 5.73 Å². The largest absolute Gasteiger partial charge is 1.00 e. The molecule has 0 amide bonds. The molecule has 0 aromatic heterocycles. The fraction of sp³-hybridized carbons (Fsp3) is 0.760. The van der Waals surface area contributed by atoms with Crippen LogP contribution in [0.25, 0.3) is 0 Å². The van der Waals surface area contributed by atoms with Crippen molar-refractivity contribution in [1.82, 2.24) is 4.90 Å². The number of benzene rings is 1. The van der Waals surface area contributed by atoms with E-state index < -0.39 is 0 Å². The van der Waals surface area contributed by atoms with Crippen LogP contribution >= 0.6 is 0 Å². The number of quaternary nitrogens is 2. The average molecular weight is 523 g/mol. The lowest BCUT2D eigenvalue weighted by atomic mass is 9.93. The van der Waals surface area contributed by atoms with Gasteiger partial charge in [0.15, 0.2) is 0 Å². The first-order chi connectivity index (χ1) is 14.8. The van der Waals surface area contributed by atoms with Crippen molar-refractivity contribution in [2.45, 2.75) is 31.5 Å². The predicted octanol–water partition coefficient (Wildman–Crippen LogP) is -4.68. The number of β-amino-alcohol motifs (C(OH)–C–C–N with tert-alkyl or cyclic N) is 1. The number of aliphatic hydroxyl groups excluding tert-OH is 2. The monoisotopic (exact) mass is 521 g/mol. The number of nitrogen functional groups attached to an aromatic ring is 1. The lowest BCUT2D eigenvalue weighted by Crippen LogP contribution is -3.00. The molecule has 2 rings (SSSR count). The van der Waals surface area contributed by atoms with Crippen molar-refractivity contribution in [2.75, 3.05) is 98.7 Å². The molecule has 9 heteroatoms. The van der Waals surface area contributed by atoms with Crippen molar-refractivity contribution in [3.8, 4) is 0 Å². The van der Waals surface area contributed by atoms with E-state index in [0.717, 1.165) is 73.2 Å². The van der Waals surface area contributed by atoms with Crippen LogP contribution in [0.3, 0.4) is 0 Å². The summed E-state index contributed by atoms with van der Waals surface area (Å²) in [4.78, 5) is 4.85. The smallest absolute Gasteiger partial charge is 0.115 e. The molecule has 1 saturated heterocycles. The van der Waals surface area contributed by atoms with Gasteiger partial charge in [0.05, 0.1) is 42.3 Å². The molecule has 1 fully saturated rings. The van der Waals surface area contributed by atoms with E-state index in [2.05, 4.69) is 64.2 Å². The fourth-order valence-electron chi connectivity index (χ4n) is 4.77. The number of nitrogens with two attached hydrogens (primary N) is 1. The van der Waals surface area contributed by atoms with Crippen molar-refractivity contribution < 1.29 is 44.0 Å². The number of rotatable bonds is 9. The molecule has 1 aliphatic heterocycles. The number of likely N-dealkylation sites (N-methyl/N-ethyl adjacent to an activating group) is 2. The van der Waals surface area contributed by atoms with Gasteiger partial charge < -0.3 is 54.6 Å². The highest BCUT2D eigenvalue weighted by atomic mass is 35.5. The van der Waals surface area contributed by atoms with Gasteiger partial charge in [-0.25, -0.2) is 0 Å². The third-order valence-electron chi connectivity index (χ3n) is 6.20. The Balaban J connectivity index is 0.00000544. The van der Waals surface area contributed by atoms with Gasteiger partial charge in [-0.05, 0) is 56.0 Å². The highest BCUT2D eigenvalue weighted by molar-refractivity contribution is 5.53. The second-order valence-electron chi connectivity index (χ2n) is 11.8. The first-order valence-electron chi connectivity index (χ1n) is 12.1. The van der Waals surface area contributed by atoms with Gasteiger partial charge in [-0.15, -0.1) is 0 Å². The van der Waals surface area contributed by atoms with Crippen molar-refractivity contribution >= 4 is 11.4 Å². The summed E-state index contributed by atoms with van der Waals surface area (Å²) >= 11 is 0. The molecule has 0 bridgehead atoms. The van der Waals surface area contributed by atoms with Crippen LogP contribution in [0, 0.1) is 5.92 Å². The molecule has 0 radical (unpaired) electrons. The number of halogens is 2. The Bertz CT molecular complexity index is 643. The normalized spacial score (nSPS) is 20.2. The molecular weight excluding hydrogens is 473 g/mol. The molecule has 1 aromatic carbocycles. The molecule has 200 valence electrons. The maximum atomic E-state index is 10.7. The fourth-order valence-corrected chi connectivity index (χ4v) is 4.77. The molecule has 1 heterocycles. The maximum Gasteiger partial charge on any atom is 0.115 e. The topological polar surface area (TPSA) is 73.0 Å². The summed E-state index contributed by atoms with van der Waals surface area (Å²) in [6, 6.07) is 8.13. The van der Waals surface area contributed by atoms with Gasteiger partial charge in [0.2, 0.25) is 0 Å². The van der Waals surface area contributed by atoms with Gasteiger partial charge >= 0.3 is 0 Å². The summed E-state index contributed by atoms with van der Waals surface area (Å²) in [7, 11) is 12.8. The summed E-state index contributed by atoms with van der Waals surface area (Å²) in [5.41, 5.74) is 7.88. The first kappa shape index (κ1) is 33.2. The van der Waals surface area contributed by atoms with Crippen LogP contribution in [0.15, 0.2) is 24.3 Å². The van der Waals surface area contributed by atoms with Gasteiger partial charge in [-0.1, -0.05) is 0 Å². The molecule has 0 aliphatic carbocycles. The minimum atomic E-state index is -0.344. The van der Waals surface area contributed by atoms with Crippen LogP contribution in [0.2, 0.25) is 0 Å². The van der Waals surface area contributed by atoms with Crippen molar-refractivity contribution in [3.05, 3.63) is 24.3 Å². The molecule has 3 unspecified atom stereocenters. The summed E-state index contributed by atoms with van der Waals surface area (Å²) < 4.78 is 1.53. The van der Waals surface area contributed by atoms with E-state index in [1.54, 1.807) is 0 Å². The number of nitrogens with zero attached hydrogens (tertiary/aromatic N) is 4. The molecule has 7 nitrogen and oxygen atoms in total. The summed E-state index contributed by atoms with van der Waals surface area (Å²) in [5, 5.41) is 21.4. The van der Waals surface area contributed by atoms with Gasteiger partial charge in [0.25, 0.3) is 0 Å². The molecule has 1 aromatic rings. The number of hydrogen-bond donors (Lipinski definition) is 3. The van der Waals surface area contributed by atoms with E-state index in [1.165, 1.54) is 5.69 Å². The van der Waals surface area contributed by atoms with Gasteiger partial charge in [-0.2, -0.15) is 0 Å². The van der Waals surface area contributed by atoms with Crippen molar-refractivity contribution in [2.24, 2.45) is 5.92 Å². The lowest BCUT2D eigenvalue weighted by molar-refractivity contribution is -0.873. The van der Waals surface area contributed by atoms with Crippen LogP contribution < -0.4 is 35.4 Å². The van der Waals surface area contributed by atoms with E-state index in [9.17, 15) is 10.2 Å². The van der Waals surface area contributed by atoms with Crippen LogP contribution in [0.4, 0.5) is 11.4 Å². The highest BCUT2D eigenvalue weighted by Crippen LogP contribution is 2.24. The Labute approximate surface area is 220 Å². The number of hydrogen-bond acceptors (Lipinski definition) is 5. The first-order valence-corrected chi connectivity index (χ1v) is 12.1. The van der Waals surface area contributed by atoms with E-state index in [1.807, 2.05) is 12.1 Å². The molecule has 4 N–H and O–H groups in total. The zero-order chi connectivity index (χ0) is 23.9.